The smallest absolute Gasteiger partial charge is 0.254 e. The minimum atomic E-state index is -0.384. The minimum absolute atomic E-state index is 0.00434. The van der Waals surface area contributed by atoms with Crippen molar-refractivity contribution in [1.82, 2.24) is 9.88 Å². The van der Waals surface area contributed by atoms with E-state index in [1.54, 1.807) is 24.3 Å². The van der Waals surface area contributed by atoms with Crippen LogP contribution in [0.15, 0.2) is 42.6 Å². The lowest BCUT2D eigenvalue weighted by Gasteiger charge is -2.24. The molecule has 0 spiro atoms. The fraction of sp³-hybridized carbons (Fsp3) is 0.400. The van der Waals surface area contributed by atoms with Gasteiger partial charge in [0, 0.05) is 36.3 Å². The van der Waals surface area contributed by atoms with E-state index in [9.17, 15) is 9.59 Å². The average molecular weight is 353 g/mol. The highest BCUT2D eigenvalue weighted by Gasteiger charge is 2.31. The highest BCUT2D eigenvalue weighted by molar-refractivity contribution is 5.98. The Morgan fingerprint density at radius 2 is 2.08 bits per heavy atom. The SMILES string of the molecule is O=C(Nc1cccc(C(=O)N2CCC[C@@H]2c2ccc[nH]2)c1)[C@@H]1CCCO1. The van der Waals surface area contributed by atoms with Crippen molar-refractivity contribution in [2.45, 2.75) is 37.8 Å². The Labute approximate surface area is 152 Å². The van der Waals surface area contributed by atoms with Gasteiger partial charge in [-0.1, -0.05) is 6.07 Å². The number of rotatable bonds is 4. The Balaban J connectivity index is 1.48. The number of hydrogen-bond acceptors (Lipinski definition) is 3. The van der Waals surface area contributed by atoms with Gasteiger partial charge in [-0.15, -0.1) is 0 Å². The molecule has 2 saturated heterocycles. The van der Waals surface area contributed by atoms with E-state index in [0.29, 0.717) is 17.9 Å². The van der Waals surface area contributed by atoms with Gasteiger partial charge in [-0.25, -0.2) is 0 Å². The van der Waals surface area contributed by atoms with Crippen molar-refractivity contribution in [3.05, 3.63) is 53.9 Å². The van der Waals surface area contributed by atoms with Crippen LogP contribution in [0, 0.1) is 0 Å². The van der Waals surface area contributed by atoms with Crippen LogP contribution in [0.25, 0.3) is 0 Å². The number of anilines is 1. The molecule has 2 atom stereocenters. The van der Waals surface area contributed by atoms with Gasteiger partial charge < -0.3 is 19.9 Å². The van der Waals surface area contributed by atoms with E-state index in [0.717, 1.165) is 37.9 Å². The van der Waals surface area contributed by atoms with Gasteiger partial charge in [0.1, 0.15) is 6.10 Å². The standard InChI is InChI=1S/C20H23N3O3/c24-19(18-9-4-12-26-18)22-15-6-1-5-14(13-15)20(25)23-11-3-8-17(23)16-7-2-10-21-16/h1-2,5-7,10,13,17-18,21H,3-4,8-9,11-12H2,(H,22,24)/t17-,18+/m1/s1. The topological polar surface area (TPSA) is 74.4 Å². The summed E-state index contributed by atoms with van der Waals surface area (Å²) in [6.07, 6.45) is 5.11. The van der Waals surface area contributed by atoms with E-state index in [2.05, 4.69) is 10.3 Å². The van der Waals surface area contributed by atoms with Crippen LogP contribution in [-0.2, 0) is 9.53 Å². The molecule has 4 rings (SSSR count). The van der Waals surface area contributed by atoms with E-state index in [-0.39, 0.29) is 24.0 Å². The lowest BCUT2D eigenvalue weighted by molar-refractivity contribution is -0.124. The summed E-state index contributed by atoms with van der Waals surface area (Å²) in [5.74, 6) is -0.146. The van der Waals surface area contributed by atoms with Crippen LogP contribution in [-0.4, -0.2) is 41.0 Å². The highest BCUT2D eigenvalue weighted by Crippen LogP contribution is 2.32. The summed E-state index contributed by atoms with van der Waals surface area (Å²) in [4.78, 5) is 30.4. The van der Waals surface area contributed by atoms with Crippen molar-refractivity contribution in [3.8, 4) is 0 Å². The van der Waals surface area contributed by atoms with Gasteiger partial charge in [0.15, 0.2) is 0 Å². The number of nitrogens with zero attached hydrogens (tertiary/aromatic N) is 1. The number of nitrogens with one attached hydrogen (secondary N) is 2. The summed E-state index contributed by atoms with van der Waals surface area (Å²) >= 11 is 0. The summed E-state index contributed by atoms with van der Waals surface area (Å²) in [6.45, 7) is 1.38. The Kier molecular flexibility index (Phi) is 4.75. The summed E-state index contributed by atoms with van der Waals surface area (Å²) < 4.78 is 5.41. The number of carbonyl (C=O) groups is 2. The average Bonchev–Trinajstić information content (AvgIpc) is 3.43. The molecule has 2 aliphatic rings. The Hall–Kier alpha value is -2.60. The van der Waals surface area contributed by atoms with Gasteiger partial charge in [0.2, 0.25) is 0 Å². The summed E-state index contributed by atoms with van der Waals surface area (Å²) in [5.41, 5.74) is 2.29. The maximum Gasteiger partial charge on any atom is 0.254 e. The molecule has 2 fully saturated rings. The Bertz CT molecular complexity index is 781. The molecular formula is C20H23N3O3. The molecule has 6 nitrogen and oxygen atoms in total. The van der Waals surface area contributed by atoms with E-state index in [1.807, 2.05) is 23.2 Å². The lowest BCUT2D eigenvalue weighted by Crippen LogP contribution is -2.31. The fourth-order valence-electron chi connectivity index (χ4n) is 3.79. The second-order valence-electron chi connectivity index (χ2n) is 6.85. The quantitative estimate of drug-likeness (QED) is 0.887. The van der Waals surface area contributed by atoms with Gasteiger partial charge in [-0.05, 0) is 56.0 Å². The van der Waals surface area contributed by atoms with Crippen LogP contribution in [0.4, 0.5) is 5.69 Å². The molecule has 0 bridgehead atoms. The molecule has 26 heavy (non-hydrogen) atoms. The minimum Gasteiger partial charge on any atom is -0.368 e. The van der Waals surface area contributed by atoms with Crippen molar-refractivity contribution in [2.75, 3.05) is 18.5 Å². The maximum absolute atomic E-state index is 13.0. The first-order chi connectivity index (χ1) is 12.7. The van der Waals surface area contributed by atoms with Gasteiger partial charge in [0.25, 0.3) is 11.8 Å². The van der Waals surface area contributed by atoms with Crippen LogP contribution in [0.5, 0.6) is 0 Å². The van der Waals surface area contributed by atoms with Gasteiger partial charge in [-0.2, -0.15) is 0 Å². The lowest BCUT2D eigenvalue weighted by atomic mass is 10.1. The van der Waals surface area contributed by atoms with E-state index >= 15 is 0 Å². The first kappa shape index (κ1) is 16.8. The number of amides is 2. The molecule has 3 heterocycles. The number of aromatic amines is 1. The van der Waals surface area contributed by atoms with Crippen molar-refractivity contribution < 1.29 is 14.3 Å². The molecular weight excluding hydrogens is 330 g/mol. The van der Waals surface area contributed by atoms with Crippen molar-refractivity contribution in [3.63, 3.8) is 0 Å². The first-order valence-corrected chi connectivity index (χ1v) is 9.19. The summed E-state index contributed by atoms with van der Waals surface area (Å²) in [5, 5.41) is 2.87. The van der Waals surface area contributed by atoms with E-state index < -0.39 is 0 Å². The van der Waals surface area contributed by atoms with Gasteiger partial charge in [-0.3, -0.25) is 9.59 Å². The molecule has 2 amide bonds. The molecule has 0 aliphatic carbocycles. The largest absolute Gasteiger partial charge is 0.368 e. The maximum atomic E-state index is 13.0. The van der Waals surface area contributed by atoms with E-state index in [4.69, 9.17) is 4.74 Å². The third kappa shape index (κ3) is 3.37. The van der Waals surface area contributed by atoms with Crippen LogP contribution >= 0.6 is 0 Å². The molecule has 2 aromatic rings. The molecule has 1 aromatic heterocycles. The monoisotopic (exact) mass is 353 g/mol. The van der Waals surface area contributed by atoms with E-state index in [1.165, 1.54) is 0 Å². The van der Waals surface area contributed by atoms with Crippen LogP contribution < -0.4 is 5.32 Å². The third-order valence-electron chi connectivity index (χ3n) is 5.09. The van der Waals surface area contributed by atoms with Crippen LogP contribution in [0.1, 0.15) is 47.8 Å². The number of hydrogen-bond donors (Lipinski definition) is 2. The first-order valence-electron chi connectivity index (χ1n) is 9.19. The molecule has 1 aromatic carbocycles. The predicted molar refractivity (Wildman–Crippen MR) is 97.8 cm³/mol. The zero-order valence-electron chi connectivity index (χ0n) is 14.6. The molecule has 0 unspecified atom stereocenters. The second kappa shape index (κ2) is 7.33. The number of benzene rings is 1. The zero-order chi connectivity index (χ0) is 17.9. The molecule has 0 saturated carbocycles. The highest BCUT2D eigenvalue weighted by atomic mass is 16.5. The van der Waals surface area contributed by atoms with Crippen molar-refractivity contribution in [1.29, 1.82) is 0 Å². The number of carbonyl (C=O) groups excluding carboxylic acids is 2. The normalized spacial score (nSPS) is 22.5. The Morgan fingerprint density at radius 3 is 2.85 bits per heavy atom. The fourth-order valence-corrected chi connectivity index (χ4v) is 3.79. The number of ether oxygens (including phenoxy) is 1. The number of aromatic nitrogens is 1. The van der Waals surface area contributed by atoms with Crippen molar-refractivity contribution >= 4 is 17.5 Å². The molecule has 2 N–H and O–H groups in total. The molecule has 2 aliphatic heterocycles. The third-order valence-corrected chi connectivity index (χ3v) is 5.09. The van der Waals surface area contributed by atoms with Crippen LogP contribution in [0.3, 0.4) is 0 Å². The molecule has 0 radical (unpaired) electrons. The van der Waals surface area contributed by atoms with Gasteiger partial charge in [0.05, 0.1) is 6.04 Å². The summed E-state index contributed by atoms with van der Waals surface area (Å²) in [6, 6.07) is 11.2. The van der Waals surface area contributed by atoms with Crippen LogP contribution in [0.2, 0.25) is 0 Å². The predicted octanol–water partition coefficient (Wildman–Crippen LogP) is 3.11. The summed E-state index contributed by atoms with van der Waals surface area (Å²) in [7, 11) is 0. The van der Waals surface area contributed by atoms with Crippen molar-refractivity contribution in [2.24, 2.45) is 0 Å². The number of H-pyrrole nitrogens is 1. The molecule has 136 valence electrons. The molecule has 6 heteroatoms. The zero-order valence-corrected chi connectivity index (χ0v) is 14.6. The second-order valence-corrected chi connectivity index (χ2v) is 6.85. The van der Waals surface area contributed by atoms with Gasteiger partial charge >= 0.3 is 0 Å². The number of likely N-dealkylation sites (tertiary alicyclic amines) is 1. The Morgan fingerprint density at radius 1 is 1.15 bits per heavy atom.